The summed E-state index contributed by atoms with van der Waals surface area (Å²) in [6.07, 6.45) is 6.55. The molecule has 1 fully saturated rings. The summed E-state index contributed by atoms with van der Waals surface area (Å²) >= 11 is 0. The summed E-state index contributed by atoms with van der Waals surface area (Å²) < 4.78 is 0. The van der Waals surface area contributed by atoms with Crippen LogP contribution >= 0.6 is 0 Å². The van der Waals surface area contributed by atoms with Crippen molar-refractivity contribution < 1.29 is 9.90 Å². The van der Waals surface area contributed by atoms with E-state index in [4.69, 9.17) is 5.11 Å². The Kier molecular flexibility index (Phi) is 4.94. The van der Waals surface area contributed by atoms with Gasteiger partial charge in [-0.15, -0.1) is 0 Å². The maximum Gasteiger partial charge on any atom is 0.308 e. The highest BCUT2D eigenvalue weighted by Gasteiger charge is 2.31. The number of unbranched alkanes of at least 4 members (excludes halogenated alkanes) is 2. The number of hydrogen-bond acceptors (Lipinski definition) is 2. The zero-order chi connectivity index (χ0) is 10.4. The molecule has 0 spiro atoms. The van der Waals surface area contributed by atoms with E-state index in [1.54, 1.807) is 0 Å². The number of hydrogen-bond donors (Lipinski definition) is 2. The molecule has 82 valence electrons. The van der Waals surface area contributed by atoms with Crippen LogP contribution in [0.25, 0.3) is 0 Å². The summed E-state index contributed by atoms with van der Waals surface area (Å²) in [5, 5.41) is 12.3. The zero-order valence-corrected chi connectivity index (χ0v) is 8.96. The highest BCUT2D eigenvalue weighted by Crippen LogP contribution is 2.25. The van der Waals surface area contributed by atoms with Crippen LogP contribution in [0.1, 0.15) is 45.4 Å². The molecule has 0 saturated heterocycles. The van der Waals surface area contributed by atoms with Crippen LogP contribution in [0.15, 0.2) is 0 Å². The van der Waals surface area contributed by atoms with Crippen LogP contribution in [0.5, 0.6) is 0 Å². The Morgan fingerprint density at radius 2 is 2.21 bits per heavy atom. The van der Waals surface area contributed by atoms with Gasteiger partial charge in [0.15, 0.2) is 0 Å². The summed E-state index contributed by atoms with van der Waals surface area (Å²) in [6.45, 7) is 3.15. The molecular weight excluding hydrogens is 178 g/mol. The topological polar surface area (TPSA) is 49.3 Å². The molecule has 3 heteroatoms. The predicted octanol–water partition coefficient (Wildman–Crippen LogP) is 2.02. The van der Waals surface area contributed by atoms with Gasteiger partial charge < -0.3 is 10.4 Å². The normalized spacial score (nSPS) is 26.6. The first-order valence-corrected chi connectivity index (χ1v) is 5.72. The summed E-state index contributed by atoms with van der Waals surface area (Å²) in [5.41, 5.74) is 0. The van der Waals surface area contributed by atoms with Gasteiger partial charge in [0.05, 0.1) is 5.92 Å². The minimum Gasteiger partial charge on any atom is -0.481 e. The highest BCUT2D eigenvalue weighted by molar-refractivity contribution is 5.71. The predicted molar refractivity (Wildman–Crippen MR) is 56.3 cm³/mol. The van der Waals surface area contributed by atoms with Gasteiger partial charge in [-0.25, -0.2) is 0 Å². The van der Waals surface area contributed by atoms with E-state index >= 15 is 0 Å². The van der Waals surface area contributed by atoms with Crippen LogP contribution in [0.3, 0.4) is 0 Å². The smallest absolute Gasteiger partial charge is 0.308 e. The second-order valence-electron chi connectivity index (χ2n) is 4.14. The van der Waals surface area contributed by atoms with Gasteiger partial charge in [-0.05, 0) is 25.8 Å². The Hall–Kier alpha value is -0.570. The van der Waals surface area contributed by atoms with Crippen LogP contribution in [0.2, 0.25) is 0 Å². The Morgan fingerprint density at radius 1 is 1.43 bits per heavy atom. The molecule has 0 bridgehead atoms. The van der Waals surface area contributed by atoms with Gasteiger partial charge in [0.2, 0.25) is 0 Å². The fourth-order valence-corrected chi connectivity index (χ4v) is 2.16. The first kappa shape index (κ1) is 11.5. The average Bonchev–Trinajstić information content (AvgIpc) is 2.60. The lowest BCUT2D eigenvalue weighted by Gasteiger charge is -2.17. The maximum absolute atomic E-state index is 10.9. The second kappa shape index (κ2) is 6.02. The SMILES string of the molecule is CCCCCNC1CCCC1C(=O)O. The lowest BCUT2D eigenvalue weighted by molar-refractivity contribution is -0.142. The summed E-state index contributed by atoms with van der Waals surface area (Å²) in [4.78, 5) is 10.9. The number of nitrogens with one attached hydrogen (secondary N) is 1. The third-order valence-electron chi connectivity index (χ3n) is 3.02. The Morgan fingerprint density at radius 3 is 2.86 bits per heavy atom. The quantitative estimate of drug-likeness (QED) is 0.643. The molecule has 1 aliphatic carbocycles. The molecule has 0 aromatic carbocycles. The summed E-state index contributed by atoms with van der Waals surface area (Å²) in [7, 11) is 0. The van der Waals surface area contributed by atoms with Crippen molar-refractivity contribution in [3.05, 3.63) is 0 Å². The molecule has 0 aliphatic heterocycles. The van der Waals surface area contributed by atoms with Crippen molar-refractivity contribution in [1.82, 2.24) is 5.32 Å². The molecule has 1 aliphatic rings. The van der Waals surface area contributed by atoms with Gasteiger partial charge in [0, 0.05) is 6.04 Å². The van der Waals surface area contributed by atoms with Crippen molar-refractivity contribution in [2.75, 3.05) is 6.54 Å². The third-order valence-corrected chi connectivity index (χ3v) is 3.02. The molecule has 1 saturated carbocycles. The van der Waals surface area contributed by atoms with Crippen LogP contribution < -0.4 is 5.32 Å². The molecule has 2 unspecified atom stereocenters. The van der Waals surface area contributed by atoms with Crippen LogP contribution in [0, 0.1) is 5.92 Å². The molecule has 0 aromatic heterocycles. The highest BCUT2D eigenvalue weighted by atomic mass is 16.4. The summed E-state index contributed by atoms with van der Waals surface area (Å²) in [6, 6.07) is 0.226. The number of carboxylic acids is 1. The zero-order valence-electron chi connectivity index (χ0n) is 8.96. The Bertz CT molecular complexity index is 182. The largest absolute Gasteiger partial charge is 0.481 e. The van der Waals surface area contributed by atoms with Gasteiger partial charge in [0.25, 0.3) is 0 Å². The van der Waals surface area contributed by atoms with Crippen molar-refractivity contribution >= 4 is 5.97 Å². The van der Waals surface area contributed by atoms with Gasteiger partial charge in [-0.3, -0.25) is 4.79 Å². The van der Waals surface area contributed by atoms with Gasteiger partial charge in [-0.1, -0.05) is 26.2 Å². The molecule has 2 N–H and O–H groups in total. The van der Waals surface area contributed by atoms with Crippen molar-refractivity contribution in [3.63, 3.8) is 0 Å². The molecule has 0 heterocycles. The third kappa shape index (κ3) is 3.29. The van der Waals surface area contributed by atoms with E-state index in [0.29, 0.717) is 0 Å². The van der Waals surface area contributed by atoms with Gasteiger partial charge in [0.1, 0.15) is 0 Å². The fraction of sp³-hybridized carbons (Fsp3) is 0.909. The van der Waals surface area contributed by atoms with Gasteiger partial charge in [-0.2, -0.15) is 0 Å². The lowest BCUT2D eigenvalue weighted by Crippen LogP contribution is -2.36. The molecule has 0 radical (unpaired) electrons. The molecule has 0 amide bonds. The Balaban J connectivity index is 2.19. The lowest BCUT2D eigenvalue weighted by atomic mass is 10.0. The molecule has 14 heavy (non-hydrogen) atoms. The van der Waals surface area contributed by atoms with Crippen molar-refractivity contribution in [2.24, 2.45) is 5.92 Å². The standard InChI is InChI=1S/C11H21NO2/c1-2-3-4-8-12-10-7-5-6-9(10)11(13)14/h9-10,12H,2-8H2,1H3,(H,13,14). The van der Waals surface area contributed by atoms with Crippen molar-refractivity contribution in [2.45, 2.75) is 51.5 Å². The van der Waals surface area contributed by atoms with Crippen molar-refractivity contribution in [3.8, 4) is 0 Å². The monoisotopic (exact) mass is 199 g/mol. The first-order valence-electron chi connectivity index (χ1n) is 5.72. The van der Waals surface area contributed by atoms with Crippen LogP contribution in [0.4, 0.5) is 0 Å². The van der Waals surface area contributed by atoms with E-state index < -0.39 is 5.97 Å². The van der Waals surface area contributed by atoms with E-state index in [9.17, 15) is 4.79 Å². The van der Waals surface area contributed by atoms with E-state index in [1.165, 1.54) is 19.3 Å². The number of carboxylic acid groups (broad SMARTS) is 1. The number of aliphatic carboxylic acids is 1. The minimum absolute atomic E-state index is 0.142. The van der Waals surface area contributed by atoms with E-state index in [0.717, 1.165) is 25.8 Å². The molecule has 1 rings (SSSR count). The first-order chi connectivity index (χ1) is 6.75. The molecule has 3 nitrogen and oxygen atoms in total. The molecular formula is C11H21NO2. The van der Waals surface area contributed by atoms with Crippen LogP contribution in [-0.2, 0) is 4.79 Å². The molecule has 0 aromatic rings. The molecule has 2 atom stereocenters. The minimum atomic E-state index is -0.629. The van der Waals surface area contributed by atoms with Crippen molar-refractivity contribution in [1.29, 1.82) is 0 Å². The van der Waals surface area contributed by atoms with E-state index in [2.05, 4.69) is 12.2 Å². The van der Waals surface area contributed by atoms with E-state index in [1.807, 2.05) is 0 Å². The van der Waals surface area contributed by atoms with Gasteiger partial charge >= 0.3 is 5.97 Å². The second-order valence-corrected chi connectivity index (χ2v) is 4.14. The average molecular weight is 199 g/mol. The Labute approximate surface area is 85.9 Å². The van der Waals surface area contributed by atoms with E-state index in [-0.39, 0.29) is 12.0 Å². The fourth-order valence-electron chi connectivity index (χ4n) is 2.16. The summed E-state index contributed by atoms with van der Waals surface area (Å²) in [5.74, 6) is -0.771. The number of rotatable bonds is 6. The maximum atomic E-state index is 10.9. The van der Waals surface area contributed by atoms with Crippen LogP contribution in [-0.4, -0.2) is 23.7 Å². The number of carbonyl (C=O) groups is 1.